The predicted molar refractivity (Wildman–Crippen MR) is 59.1 cm³/mol. The molecule has 8 nitrogen and oxygen atoms in total. The number of hydrogen-bond donors (Lipinski definition) is 3. The van der Waals surface area contributed by atoms with Crippen molar-refractivity contribution in [3.8, 4) is 0 Å². The van der Waals surface area contributed by atoms with Gasteiger partial charge in [0, 0.05) is 12.3 Å². The molecule has 108 valence electrons. The van der Waals surface area contributed by atoms with Crippen LogP contribution in [0, 0.1) is 0 Å². The van der Waals surface area contributed by atoms with Crippen molar-refractivity contribution in [2.24, 2.45) is 0 Å². The number of rotatable bonds is 6. The summed E-state index contributed by atoms with van der Waals surface area (Å²) in [7, 11) is -4.52. The Hall–Kier alpha value is -1.35. The van der Waals surface area contributed by atoms with E-state index in [-0.39, 0.29) is 0 Å². The molecular weight excluding hydrogens is 289 g/mol. The summed E-state index contributed by atoms with van der Waals surface area (Å²) in [6.45, 7) is -2.34. The zero-order valence-electron chi connectivity index (χ0n) is 9.45. The fourth-order valence-corrected chi connectivity index (χ4v) is 1.51. The largest absolute Gasteiger partial charge is 0.363 e. The maximum Gasteiger partial charge on any atom is 0.350 e. The number of halogens is 2. The van der Waals surface area contributed by atoms with E-state index in [1.54, 1.807) is 4.98 Å². The zero-order valence-corrected chi connectivity index (χ0v) is 10.3. The predicted octanol–water partition coefficient (Wildman–Crippen LogP) is -0.676. The summed E-state index contributed by atoms with van der Waals surface area (Å²) in [5.74, 6) is -3.52. The van der Waals surface area contributed by atoms with Gasteiger partial charge in [0.1, 0.15) is 13.0 Å². The van der Waals surface area contributed by atoms with Gasteiger partial charge in [0.25, 0.3) is 11.5 Å². The maximum atomic E-state index is 13.3. The fraction of sp³-hybridized carbons (Fsp3) is 0.500. The zero-order chi connectivity index (χ0) is 14.7. The number of nitrogens with zero attached hydrogens (tertiary/aromatic N) is 1. The molecule has 3 N–H and O–H groups in total. The maximum absolute atomic E-state index is 13.3. The van der Waals surface area contributed by atoms with Crippen LogP contribution < -0.4 is 11.2 Å². The minimum absolute atomic E-state index is 0.558. The van der Waals surface area contributed by atoms with E-state index < -0.39 is 44.3 Å². The Labute approximate surface area is 104 Å². The lowest BCUT2D eigenvalue weighted by Crippen LogP contribution is -2.37. The van der Waals surface area contributed by atoms with Crippen molar-refractivity contribution in [3.05, 3.63) is 33.1 Å². The van der Waals surface area contributed by atoms with Gasteiger partial charge in [0.05, 0.1) is 6.54 Å². The molecule has 1 aromatic rings. The van der Waals surface area contributed by atoms with E-state index in [1.165, 1.54) is 0 Å². The number of nitrogens with one attached hydrogen (secondary N) is 1. The van der Waals surface area contributed by atoms with Crippen molar-refractivity contribution in [2.75, 3.05) is 13.0 Å². The van der Waals surface area contributed by atoms with Gasteiger partial charge in [0.15, 0.2) is 0 Å². The summed E-state index contributed by atoms with van der Waals surface area (Å²) >= 11 is 0. The van der Waals surface area contributed by atoms with Gasteiger partial charge in [-0.2, -0.15) is 0 Å². The third-order valence-electron chi connectivity index (χ3n) is 1.87. The van der Waals surface area contributed by atoms with Crippen LogP contribution in [0.1, 0.15) is 0 Å². The molecule has 0 aliphatic rings. The molecule has 0 saturated carbocycles. The van der Waals surface area contributed by atoms with Crippen LogP contribution in [-0.4, -0.2) is 38.2 Å². The first-order valence-corrected chi connectivity index (χ1v) is 6.69. The van der Waals surface area contributed by atoms with Crippen LogP contribution in [0.15, 0.2) is 21.9 Å². The van der Waals surface area contributed by atoms with E-state index >= 15 is 0 Å². The Morgan fingerprint density at radius 1 is 1.42 bits per heavy atom. The van der Waals surface area contributed by atoms with Gasteiger partial charge in [-0.15, -0.1) is 0 Å². The molecule has 0 fully saturated rings. The van der Waals surface area contributed by atoms with Crippen molar-refractivity contribution in [1.82, 2.24) is 9.55 Å². The van der Waals surface area contributed by atoms with E-state index in [1.807, 2.05) is 0 Å². The van der Waals surface area contributed by atoms with Gasteiger partial charge in [-0.25, -0.2) is 13.6 Å². The highest BCUT2D eigenvalue weighted by atomic mass is 31.2. The van der Waals surface area contributed by atoms with Crippen LogP contribution >= 0.6 is 7.60 Å². The SMILES string of the molecule is O=c1ccn(CC(F)(F)COCP(=O)(O)O)c(=O)[nH]1. The number of hydrogen-bond acceptors (Lipinski definition) is 4. The third-order valence-corrected chi connectivity index (χ3v) is 2.39. The second-order valence-corrected chi connectivity index (χ2v) is 5.32. The second kappa shape index (κ2) is 5.74. The molecule has 1 heterocycles. The molecule has 1 aromatic heterocycles. The summed E-state index contributed by atoms with van der Waals surface area (Å²) < 4.78 is 41.8. The Morgan fingerprint density at radius 3 is 2.58 bits per heavy atom. The number of H-pyrrole nitrogens is 1. The van der Waals surface area contributed by atoms with Crippen LogP contribution in [0.25, 0.3) is 0 Å². The summed E-state index contributed by atoms with van der Waals surface area (Å²) in [4.78, 5) is 40.5. The standard InChI is InChI=1S/C8H11F2N2O6P/c9-8(10,4-18-5-19(15,16)17)3-12-2-1-6(13)11-7(12)14/h1-2H,3-5H2,(H,11,13,14)(H2,15,16,17). The van der Waals surface area contributed by atoms with E-state index in [0.29, 0.717) is 4.57 Å². The lowest BCUT2D eigenvalue weighted by atomic mass is 10.3. The van der Waals surface area contributed by atoms with Crippen LogP contribution in [0.4, 0.5) is 8.78 Å². The Kier molecular flexibility index (Phi) is 4.75. The van der Waals surface area contributed by atoms with Crippen molar-refractivity contribution in [2.45, 2.75) is 12.5 Å². The smallest absolute Gasteiger partial charge is 0.350 e. The highest BCUT2D eigenvalue weighted by molar-refractivity contribution is 7.51. The number of aromatic amines is 1. The summed E-state index contributed by atoms with van der Waals surface area (Å²) in [5, 5.41) is 0. The van der Waals surface area contributed by atoms with Crippen LogP contribution in [0.3, 0.4) is 0 Å². The second-order valence-electron chi connectivity index (χ2n) is 3.74. The average Bonchev–Trinajstić information content (AvgIpc) is 2.20. The van der Waals surface area contributed by atoms with Gasteiger partial charge in [0.2, 0.25) is 0 Å². The Morgan fingerprint density at radius 2 is 2.05 bits per heavy atom. The molecular formula is C8H11F2N2O6P. The lowest BCUT2D eigenvalue weighted by Gasteiger charge is -2.17. The number of aromatic nitrogens is 2. The Bertz CT molecular complexity index is 591. The minimum Gasteiger partial charge on any atom is -0.363 e. The summed E-state index contributed by atoms with van der Waals surface area (Å²) in [5.41, 5.74) is -1.73. The molecule has 19 heavy (non-hydrogen) atoms. The first-order chi connectivity index (χ1) is 8.59. The molecule has 0 bridgehead atoms. The van der Waals surface area contributed by atoms with Gasteiger partial charge < -0.3 is 14.5 Å². The van der Waals surface area contributed by atoms with Crippen molar-refractivity contribution in [1.29, 1.82) is 0 Å². The normalized spacial score (nSPS) is 12.6. The molecule has 0 unspecified atom stereocenters. The molecule has 0 amide bonds. The molecule has 0 aliphatic carbocycles. The highest BCUT2D eigenvalue weighted by Crippen LogP contribution is 2.34. The summed E-state index contributed by atoms with van der Waals surface area (Å²) in [6.07, 6.45) is -0.249. The molecule has 0 saturated heterocycles. The monoisotopic (exact) mass is 300 g/mol. The van der Waals surface area contributed by atoms with E-state index in [0.717, 1.165) is 12.3 Å². The topological polar surface area (TPSA) is 122 Å². The third kappa shape index (κ3) is 5.88. The van der Waals surface area contributed by atoms with E-state index in [9.17, 15) is 22.9 Å². The molecule has 0 spiro atoms. The Balaban J connectivity index is 2.66. The van der Waals surface area contributed by atoms with E-state index in [4.69, 9.17) is 9.79 Å². The fourth-order valence-electron chi connectivity index (χ4n) is 1.18. The minimum atomic E-state index is -4.52. The van der Waals surface area contributed by atoms with E-state index in [2.05, 4.69) is 4.74 Å². The molecule has 11 heteroatoms. The first-order valence-electron chi connectivity index (χ1n) is 4.89. The van der Waals surface area contributed by atoms with Crippen LogP contribution in [0.2, 0.25) is 0 Å². The number of ether oxygens (including phenoxy) is 1. The molecule has 0 atom stereocenters. The number of alkyl halides is 2. The highest BCUT2D eigenvalue weighted by Gasteiger charge is 2.31. The quantitative estimate of drug-likeness (QED) is 0.599. The van der Waals surface area contributed by atoms with Crippen molar-refractivity contribution >= 4 is 7.60 Å². The van der Waals surface area contributed by atoms with Crippen LogP contribution in [-0.2, 0) is 15.8 Å². The van der Waals surface area contributed by atoms with Crippen molar-refractivity contribution < 1.29 is 27.9 Å². The average molecular weight is 300 g/mol. The van der Waals surface area contributed by atoms with Crippen molar-refractivity contribution in [3.63, 3.8) is 0 Å². The molecule has 0 aliphatic heterocycles. The van der Waals surface area contributed by atoms with Gasteiger partial charge in [-0.3, -0.25) is 18.9 Å². The van der Waals surface area contributed by atoms with Gasteiger partial charge in [-0.1, -0.05) is 0 Å². The molecule has 0 aromatic carbocycles. The molecule has 0 radical (unpaired) electrons. The lowest BCUT2D eigenvalue weighted by molar-refractivity contribution is -0.0819. The van der Waals surface area contributed by atoms with Gasteiger partial charge in [-0.05, 0) is 0 Å². The van der Waals surface area contributed by atoms with Crippen LogP contribution in [0.5, 0.6) is 0 Å². The first kappa shape index (κ1) is 15.7. The summed E-state index contributed by atoms with van der Waals surface area (Å²) in [6, 6.07) is 0.897. The van der Waals surface area contributed by atoms with Gasteiger partial charge >= 0.3 is 13.3 Å². The molecule has 1 rings (SSSR count).